The Kier molecular flexibility index (Phi) is 29.3. The Bertz CT molecular complexity index is 472. The minimum atomic E-state index is -0.813. The summed E-state index contributed by atoms with van der Waals surface area (Å²) in [5.41, 5.74) is 0. The number of rotatable bonds is 8. The van der Waals surface area contributed by atoms with E-state index in [1.54, 1.807) is 0 Å². The Morgan fingerprint density at radius 1 is 1.03 bits per heavy atom. The summed E-state index contributed by atoms with van der Waals surface area (Å²) in [5.74, 6) is 0.325. The summed E-state index contributed by atoms with van der Waals surface area (Å²) >= 11 is 9.54. The zero-order valence-corrected chi connectivity index (χ0v) is 28.8. The Balaban J connectivity index is -0.000000400. The molecule has 1 aliphatic heterocycles. The molecule has 0 aromatic carbocycles. The number of imide groups is 1. The number of Topliss-reactive ketones (excluding diaryl/α,β-unsaturated/α-hetero) is 1. The molecule has 0 spiro atoms. The van der Waals surface area contributed by atoms with Crippen molar-refractivity contribution in [2.24, 2.45) is 23.7 Å². The summed E-state index contributed by atoms with van der Waals surface area (Å²) in [6.07, 6.45) is 3.32. The van der Waals surface area contributed by atoms with Crippen LogP contribution >= 0.6 is 74.5 Å². The fourth-order valence-corrected chi connectivity index (χ4v) is 3.25. The third kappa shape index (κ3) is 28.0. The molecular weight excluding hydrogens is 957 g/mol. The molecule has 0 aromatic rings. The molecule has 0 aliphatic carbocycles. The molecule has 0 radical (unpaired) electrons. The van der Waals surface area contributed by atoms with E-state index in [0.717, 1.165) is 12.8 Å². The van der Waals surface area contributed by atoms with Crippen molar-refractivity contribution in [3.63, 3.8) is 0 Å². The molecule has 11 heteroatoms. The predicted molar refractivity (Wildman–Crippen MR) is 152 cm³/mol. The summed E-state index contributed by atoms with van der Waals surface area (Å²) in [5, 5.41) is 10.9. The molecule has 1 saturated heterocycles. The van der Waals surface area contributed by atoms with E-state index in [9.17, 15) is 19.2 Å². The van der Waals surface area contributed by atoms with E-state index in [1.165, 1.54) is 6.92 Å². The van der Waals surface area contributed by atoms with Crippen LogP contribution in [-0.2, 0) is 19.2 Å². The molecule has 0 saturated carbocycles. The molecule has 1 aliphatic rings. The van der Waals surface area contributed by atoms with Gasteiger partial charge in [-0.1, -0.05) is 27.7 Å². The predicted octanol–water partition coefficient (Wildman–Crippen LogP) is 3.73. The number of halogens is 5. The molecule has 0 unspecified atom stereocenters. The van der Waals surface area contributed by atoms with Gasteiger partial charge in [0.2, 0.25) is 11.8 Å². The molecule has 180 valence electrons. The van der Waals surface area contributed by atoms with Gasteiger partial charge in [-0.05, 0) is 43.4 Å². The number of carbonyl (C=O) groups excluding carboxylic acids is 3. The molecule has 0 aromatic heterocycles. The molecule has 1 rings (SSSR count). The standard InChI is InChI=1S/C10H18O3.C9H15NO2.I3.I2/c1-7(2)4-9(5-8(3)11)6-10(12)13;1-6(2)3-7-4-8(11)10-9(12)5-7;1-3-2;1-2/h7,9H,4-6H2,1-3H3,(H,12,13);6-7H,3-5H2,1-2H3,(H,10,11,12);;/q;;-1;/t9-;;;/m1.../s1. The van der Waals surface area contributed by atoms with Crippen LogP contribution in [0.15, 0.2) is 0 Å². The zero-order chi connectivity index (χ0) is 24.3. The summed E-state index contributed by atoms with van der Waals surface area (Å²) < 4.78 is 0. The van der Waals surface area contributed by atoms with E-state index in [4.69, 9.17) is 5.11 Å². The second kappa shape index (κ2) is 24.1. The van der Waals surface area contributed by atoms with Crippen molar-refractivity contribution in [2.75, 3.05) is 0 Å². The zero-order valence-electron chi connectivity index (χ0n) is 18.0. The van der Waals surface area contributed by atoms with Crippen molar-refractivity contribution >= 4 is 98.0 Å². The van der Waals surface area contributed by atoms with Crippen molar-refractivity contribution in [1.29, 1.82) is 0 Å². The Labute approximate surface area is 234 Å². The molecule has 1 atom stereocenters. The molecule has 6 nitrogen and oxygen atoms in total. The molecular formula is C19H33I5NO5-. The maximum absolute atomic E-state index is 10.9. The van der Waals surface area contributed by atoms with Gasteiger partial charge in [-0.15, -0.1) is 0 Å². The number of hydrogen-bond acceptors (Lipinski definition) is 4. The van der Waals surface area contributed by atoms with E-state index in [2.05, 4.69) is 93.6 Å². The van der Waals surface area contributed by atoms with E-state index in [-0.39, 0.29) is 35.9 Å². The molecule has 0 bridgehead atoms. The number of carbonyl (C=O) groups is 4. The number of ketones is 1. The molecule has 30 heavy (non-hydrogen) atoms. The van der Waals surface area contributed by atoms with Crippen LogP contribution in [-0.4, -0.2) is 28.7 Å². The van der Waals surface area contributed by atoms with Gasteiger partial charge in [-0.2, -0.15) is 0 Å². The van der Waals surface area contributed by atoms with Crippen molar-refractivity contribution in [2.45, 2.75) is 73.1 Å². The van der Waals surface area contributed by atoms with Crippen LogP contribution in [0.25, 0.3) is 0 Å². The van der Waals surface area contributed by atoms with Gasteiger partial charge in [0.05, 0.1) is 0 Å². The van der Waals surface area contributed by atoms with Gasteiger partial charge in [0, 0.05) is 62.9 Å². The number of carboxylic acids is 1. The van der Waals surface area contributed by atoms with Gasteiger partial charge in [-0.3, -0.25) is 19.7 Å². The van der Waals surface area contributed by atoms with Crippen LogP contribution in [0, 0.1) is 23.7 Å². The van der Waals surface area contributed by atoms with E-state index in [1.807, 2.05) is 13.8 Å². The Morgan fingerprint density at radius 2 is 1.47 bits per heavy atom. The van der Waals surface area contributed by atoms with Crippen molar-refractivity contribution in [3.8, 4) is 0 Å². The average molecular weight is 990 g/mol. The number of carboxylic acid groups (broad SMARTS) is 1. The summed E-state index contributed by atoms with van der Waals surface area (Å²) in [6.45, 7) is 9.80. The summed E-state index contributed by atoms with van der Waals surface area (Å²) in [4.78, 5) is 43.2. The summed E-state index contributed by atoms with van der Waals surface area (Å²) in [6, 6.07) is 0. The number of amides is 2. The molecule has 2 amide bonds. The quantitative estimate of drug-likeness (QED) is 0.286. The van der Waals surface area contributed by atoms with Crippen molar-refractivity contribution in [3.05, 3.63) is 0 Å². The normalized spacial score (nSPS) is 14.5. The van der Waals surface area contributed by atoms with Crippen LogP contribution < -0.4 is 18.6 Å². The van der Waals surface area contributed by atoms with Crippen molar-refractivity contribution in [1.82, 2.24) is 5.32 Å². The van der Waals surface area contributed by atoms with Crippen LogP contribution in [0.2, 0.25) is 0 Å². The molecule has 2 N–H and O–H groups in total. The maximum atomic E-state index is 10.9. The summed E-state index contributed by atoms with van der Waals surface area (Å²) in [7, 11) is 0. The topological polar surface area (TPSA) is 101 Å². The van der Waals surface area contributed by atoms with Gasteiger partial charge >= 0.3 is 56.5 Å². The van der Waals surface area contributed by atoms with Gasteiger partial charge in [0.1, 0.15) is 5.78 Å². The van der Waals surface area contributed by atoms with Crippen LogP contribution in [0.3, 0.4) is 0 Å². The van der Waals surface area contributed by atoms with Gasteiger partial charge in [0.15, 0.2) is 0 Å². The SMILES string of the molecule is CC(=O)C[C@H](CC(=O)O)CC(C)C.CC(C)CC1CC(=O)NC(=O)C1.II.I[I-]I. The third-order valence-corrected chi connectivity index (χ3v) is 3.88. The number of hydrogen-bond donors (Lipinski definition) is 2. The van der Waals surface area contributed by atoms with E-state index < -0.39 is 5.97 Å². The van der Waals surface area contributed by atoms with Gasteiger partial charge in [0.25, 0.3) is 0 Å². The van der Waals surface area contributed by atoms with Crippen LogP contribution in [0.4, 0.5) is 0 Å². The van der Waals surface area contributed by atoms with Gasteiger partial charge in [-0.25, -0.2) is 0 Å². The second-order valence-electron chi connectivity index (χ2n) is 7.93. The number of nitrogens with one attached hydrogen (secondary N) is 1. The average Bonchev–Trinajstić information content (AvgIpc) is 2.54. The first-order valence-corrected chi connectivity index (χ1v) is 28.3. The van der Waals surface area contributed by atoms with Crippen LogP contribution in [0.5, 0.6) is 0 Å². The molecule has 1 fully saturated rings. The fourth-order valence-electron chi connectivity index (χ4n) is 3.25. The van der Waals surface area contributed by atoms with Crippen LogP contribution in [0.1, 0.15) is 73.1 Å². The van der Waals surface area contributed by atoms with E-state index >= 15 is 0 Å². The first-order valence-electron chi connectivity index (χ1n) is 9.46. The monoisotopic (exact) mass is 990 g/mol. The number of piperidine rings is 1. The van der Waals surface area contributed by atoms with Gasteiger partial charge < -0.3 is 9.90 Å². The number of aliphatic carboxylic acids is 1. The minimum absolute atomic E-state index is 0.00926. The fraction of sp³-hybridized carbons (Fsp3) is 0.789. The Morgan fingerprint density at radius 3 is 1.77 bits per heavy atom. The van der Waals surface area contributed by atoms with E-state index in [0.29, 0.717) is 44.4 Å². The van der Waals surface area contributed by atoms with Crippen molar-refractivity contribution < 1.29 is 37.5 Å². The molecule has 1 heterocycles. The Hall–Kier alpha value is 1.93. The second-order valence-corrected chi connectivity index (χ2v) is 24.2. The third-order valence-electron chi connectivity index (χ3n) is 3.88. The first-order chi connectivity index (χ1) is 13.9. The first kappa shape index (κ1) is 36.5.